The Labute approximate surface area is 148 Å². The van der Waals surface area contributed by atoms with E-state index in [0.717, 1.165) is 23.3 Å². The van der Waals surface area contributed by atoms with Crippen LogP contribution in [0.25, 0.3) is 0 Å². The Hall–Kier alpha value is -2.43. The Balaban J connectivity index is 1.84. The van der Waals surface area contributed by atoms with Crippen LogP contribution >= 0.6 is 0 Å². The molecule has 1 N–H and O–H groups in total. The second kappa shape index (κ2) is 5.55. The number of nitrogens with one attached hydrogen (secondary N) is 1. The van der Waals surface area contributed by atoms with Gasteiger partial charge < -0.3 is 5.32 Å². The van der Waals surface area contributed by atoms with Crippen molar-refractivity contribution in [3.8, 4) is 0 Å². The molecule has 1 atom stereocenters. The molecule has 0 fully saturated rings. The molecule has 1 aliphatic heterocycles. The molecule has 0 bridgehead atoms. The van der Waals surface area contributed by atoms with Gasteiger partial charge in [0.2, 0.25) is 5.95 Å². The van der Waals surface area contributed by atoms with E-state index in [1.165, 1.54) is 5.56 Å². The van der Waals surface area contributed by atoms with Crippen LogP contribution in [0.3, 0.4) is 0 Å². The molecule has 0 unspecified atom stereocenters. The molecule has 2 aromatic rings. The normalized spacial score (nSPS) is 21.8. The van der Waals surface area contributed by atoms with Gasteiger partial charge in [0.05, 0.1) is 0 Å². The number of benzene rings is 1. The second-order valence-corrected chi connectivity index (χ2v) is 8.21. The van der Waals surface area contributed by atoms with Gasteiger partial charge >= 0.3 is 0 Å². The van der Waals surface area contributed by atoms with Gasteiger partial charge in [0, 0.05) is 17.7 Å². The minimum absolute atomic E-state index is 0.0306. The summed E-state index contributed by atoms with van der Waals surface area (Å²) in [6.45, 7) is 8.65. The lowest BCUT2D eigenvalue weighted by Gasteiger charge is -2.38. The molecular weight excluding hydrogens is 312 g/mol. The molecular formula is C20H24N4O. The monoisotopic (exact) mass is 336 g/mol. The summed E-state index contributed by atoms with van der Waals surface area (Å²) in [4.78, 5) is 17.3. The topological polar surface area (TPSA) is 59.8 Å². The molecule has 2 aliphatic rings. The molecule has 1 aliphatic carbocycles. The number of carbonyl (C=O) groups is 1. The van der Waals surface area contributed by atoms with E-state index in [1.807, 2.05) is 4.68 Å². The number of hydrogen-bond acceptors (Lipinski definition) is 4. The average Bonchev–Trinajstić information content (AvgIpc) is 2.99. The predicted molar refractivity (Wildman–Crippen MR) is 97.4 cm³/mol. The zero-order chi connectivity index (χ0) is 17.8. The van der Waals surface area contributed by atoms with Crippen molar-refractivity contribution in [1.82, 2.24) is 14.8 Å². The molecule has 25 heavy (non-hydrogen) atoms. The Bertz CT molecular complexity index is 858. The molecule has 5 nitrogen and oxygen atoms in total. The first kappa shape index (κ1) is 16.1. The van der Waals surface area contributed by atoms with Gasteiger partial charge in [-0.15, -0.1) is 0 Å². The molecule has 0 amide bonds. The van der Waals surface area contributed by atoms with Crippen molar-refractivity contribution in [2.45, 2.75) is 52.5 Å². The van der Waals surface area contributed by atoms with Crippen molar-refractivity contribution >= 4 is 11.7 Å². The Morgan fingerprint density at radius 1 is 1.20 bits per heavy atom. The summed E-state index contributed by atoms with van der Waals surface area (Å²) in [6, 6.07) is 8.34. The number of hydrogen-bond donors (Lipinski definition) is 1. The van der Waals surface area contributed by atoms with E-state index in [-0.39, 0.29) is 17.2 Å². The molecule has 0 spiro atoms. The number of Topliss-reactive ketones (excluding diaryl/α,β-unsaturated/α-hetero) is 1. The van der Waals surface area contributed by atoms with Crippen LogP contribution in [0.1, 0.15) is 63.6 Å². The lowest BCUT2D eigenvalue weighted by molar-refractivity contribution is -0.118. The zero-order valence-corrected chi connectivity index (χ0v) is 15.2. The van der Waals surface area contributed by atoms with Gasteiger partial charge in [-0.25, -0.2) is 4.68 Å². The maximum Gasteiger partial charge on any atom is 0.226 e. The molecule has 1 aromatic carbocycles. The molecule has 1 aromatic heterocycles. The first-order valence-corrected chi connectivity index (χ1v) is 8.88. The van der Waals surface area contributed by atoms with Crippen molar-refractivity contribution < 1.29 is 4.79 Å². The smallest absolute Gasteiger partial charge is 0.226 e. The third-order valence-corrected chi connectivity index (χ3v) is 5.19. The van der Waals surface area contributed by atoms with E-state index < -0.39 is 0 Å². The average molecular weight is 336 g/mol. The van der Waals surface area contributed by atoms with Gasteiger partial charge in [0.15, 0.2) is 5.78 Å². The van der Waals surface area contributed by atoms with Crippen LogP contribution in [0.15, 0.2) is 41.9 Å². The number of fused-ring (bicyclic) bond motifs is 1. The first-order valence-electron chi connectivity index (χ1n) is 8.88. The van der Waals surface area contributed by atoms with Crippen LogP contribution in [0, 0.1) is 5.41 Å². The predicted octanol–water partition coefficient (Wildman–Crippen LogP) is 4.06. The third-order valence-electron chi connectivity index (χ3n) is 5.19. The number of nitrogens with zero attached hydrogens (tertiary/aromatic N) is 3. The van der Waals surface area contributed by atoms with Gasteiger partial charge in [-0.05, 0) is 28.9 Å². The minimum atomic E-state index is -0.196. The van der Waals surface area contributed by atoms with Crippen molar-refractivity contribution in [3.63, 3.8) is 0 Å². The molecule has 4 rings (SSSR count). The fourth-order valence-corrected chi connectivity index (χ4v) is 3.92. The van der Waals surface area contributed by atoms with Crippen molar-refractivity contribution in [2.24, 2.45) is 5.41 Å². The van der Waals surface area contributed by atoms with Crippen molar-refractivity contribution in [1.29, 1.82) is 0 Å². The fraction of sp³-hybridized carbons (Fsp3) is 0.450. The van der Waals surface area contributed by atoms with E-state index in [9.17, 15) is 4.79 Å². The first-order chi connectivity index (χ1) is 11.9. The van der Waals surface area contributed by atoms with Gasteiger partial charge in [0.25, 0.3) is 0 Å². The van der Waals surface area contributed by atoms with Gasteiger partial charge in [-0.3, -0.25) is 4.79 Å². The van der Waals surface area contributed by atoms with Gasteiger partial charge in [-0.2, -0.15) is 10.1 Å². The van der Waals surface area contributed by atoms with E-state index in [4.69, 9.17) is 0 Å². The van der Waals surface area contributed by atoms with E-state index >= 15 is 0 Å². The van der Waals surface area contributed by atoms with Crippen LogP contribution in [0.4, 0.5) is 5.95 Å². The van der Waals surface area contributed by atoms with Crippen molar-refractivity contribution in [3.05, 3.63) is 53.0 Å². The molecule has 0 saturated heterocycles. The Kier molecular flexibility index (Phi) is 3.56. The molecule has 5 heteroatoms. The van der Waals surface area contributed by atoms with Crippen LogP contribution in [-0.2, 0) is 4.79 Å². The van der Waals surface area contributed by atoms with E-state index in [1.54, 1.807) is 6.33 Å². The maximum absolute atomic E-state index is 13.0. The van der Waals surface area contributed by atoms with Crippen LogP contribution in [0.5, 0.6) is 0 Å². The molecule has 0 saturated carbocycles. The summed E-state index contributed by atoms with van der Waals surface area (Å²) < 4.78 is 1.83. The second-order valence-electron chi connectivity index (χ2n) is 8.21. The number of rotatable bonds is 2. The summed E-state index contributed by atoms with van der Waals surface area (Å²) in [5, 5.41) is 7.73. The summed E-state index contributed by atoms with van der Waals surface area (Å²) in [5.74, 6) is 1.40. The number of allylic oxidation sites excluding steroid dienone is 2. The number of ketones is 1. The highest BCUT2D eigenvalue weighted by Gasteiger charge is 2.41. The molecule has 0 radical (unpaired) electrons. The maximum atomic E-state index is 13.0. The van der Waals surface area contributed by atoms with Crippen LogP contribution in [-0.4, -0.2) is 20.5 Å². The Morgan fingerprint density at radius 2 is 1.92 bits per heavy atom. The van der Waals surface area contributed by atoms with Crippen LogP contribution in [0.2, 0.25) is 0 Å². The highest BCUT2D eigenvalue weighted by Crippen LogP contribution is 2.45. The number of carbonyl (C=O) groups excluding carboxylic acids is 1. The quantitative estimate of drug-likeness (QED) is 0.898. The zero-order valence-electron chi connectivity index (χ0n) is 15.2. The van der Waals surface area contributed by atoms with Gasteiger partial charge in [-0.1, -0.05) is 52.0 Å². The number of aromatic nitrogens is 3. The molecule has 130 valence electrons. The standard InChI is InChI=1S/C20H24N4O/c1-12(2)13-5-7-14(8-6-13)18-17-15(9-20(3,4)10-16(17)25)23-19-21-11-22-24(18)19/h5-8,11-12,18H,9-10H2,1-4H3,(H,21,22,23)/t18-/m1/s1. The summed E-state index contributed by atoms with van der Waals surface area (Å²) in [5.41, 5.74) is 4.19. The SMILES string of the molecule is CC(C)c1ccc([C@@H]2C3=C(CC(C)(C)CC3=O)Nc3ncnn32)cc1. The largest absolute Gasteiger partial charge is 0.328 e. The minimum Gasteiger partial charge on any atom is -0.328 e. The van der Waals surface area contributed by atoms with Crippen molar-refractivity contribution in [2.75, 3.05) is 5.32 Å². The Morgan fingerprint density at radius 3 is 2.60 bits per heavy atom. The summed E-state index contributed by atoms with van der Waals surface area (Å²) >= 11 is 0. The molecule has 2 heterocycles. The highest BCUT2D eigenvalue weighted by atomic mass is 16.1. The lowest BCUT2D eigenvalue weighted by atomic mass is 9.73. The van der Waals surface area contributed by atoms with E-state index in [0.29, 0.717) is 18.3 Å². The fourth-order valence-electron chi connectivity index (χ4n) is 3.92. The highest BCUT2D eigenvalue weighted by molar-refractivity contribution is 6.00. The summed E-state index contributed by atoms with van der Waals surface area (Å²) in [7, 11) is 0. The number of anilines is 1. The van der Waals surface area contributed by atoms with Crippen LogP contribution < -0.4 is 5.32 Å². The summed E-state index contributed by atoms with van der Waals surface area (Å²) in [6.07, 6.45) is 2.96. The van der Waals surface area contributed by atoms with Gasteiger partial charge in [0.1, 0.15) is 12.4 Å². The third kappa shape index (κ3) is 2.68. The lowest BCUT2D eigenvalue weighted by Crippen LogP contribution is -2.36. The van der Waals surface area contributed by atoms with E-state index in [2.05, 4.69) is 67.4 Å².